The molecule has 0 aliphatic carbocycles. The molecular weight excluding hydrogens is 299 g/mol. The van der Waals surface area contributed by atoms with Gasteiger partial charge in [0.1, 0.15) is 0 Å². The maximum atomic E-state index is 12.5. The maximum absolute atomic E-state index is 12.5. The van der Waals surface area contributed by atoms with E-state index >= 15 is 0 Å². The number of rotatable bonds is 5. The summed E-state index contributed by atoms with van der Waals surface area (Å²) < 4.78 is 36.2. The standard InChI is InChI=1S/C11H11ClF3N3O2/c12-7-2-1-5(16)3-6(7)11(20)17-4-8(19)18-10(15)9(13)14/h1-3,9-10H,4,16H2,(H,17,20)(H,18,19). The topological polar surface area (TPSA) is 84.2 Å². The van der Waals surface area contributed by atoms with Gasteiger partial charge in [-0.3, -0.25) is 9.59 Å². The minimum Gasteiger partial charge on any atom is -0.399 e. The molecule has 1 atom stereocenters. The van der Waals surface area contributed by atoms with Crippen molar-refractivity contribution in [1.29, 1.82) is 0 Å². The molecule has 9 heteroatoms. The average molecular weight is 310 g/mol. The van der Waals surface area contributed by atoms with Crippen molar-refractivity contribution in [2.75, 3.05) is 12.3 Å². The van der Waals surface area contributed by atoms with Crippen molar-refractivity contribution in [2.24, 2.45) is 0 Å². The first-order valence-corrected chi connectivity index (χ1v) is 5.74. The van der Waals surface area contributed by atoms with E-state index in [1.807, 2.05) is 0 Å². The summed E-state index contributed by atoms with van der Waals surface area (Å²) in [6, 6.07) is 4.15. The van der Waals surface area contributed by atoms with E-state index in [4.69, 9.17) is 17.3 Å². The van der Waals surface area contributed by atoms with Gasteiger partial charge in [-0.15, -0.1) is 0 Å². The van der Waals surface area contributed by atoms with Crippen LogP contribution in [0.4, 0.5) is 18.9 Å². The number of carbonyl (C=O) groups is 2. The number of anilines is 1. The van der Waals surface area contributed by atoms with Gasteiger partial charge in [0.25, 0.3) is 12.3 Å². The summed E-state index contributed by atoms with van der Waals surface area (Å²) in [5, 5.41) is 3.60. The van der Waals surface area contributed by atoms with Crippen molar-refractivity contribution in [3.63, 3.8) is 0 Å². The van der Waals surface area contributed by atoms with Gasteiger partial charge < -0.3 is 16.4 Å². The molecule has 0 bridgehead atoms. The van der Waals surface area contributed by atoms with Gasteiger partial charge >= 0.3 is 0 Å². The minimum absolute atomic E-state index is 0.0186. The third-order valence-electron chi connectivity index (χ3n) is 2.16. The van der Waals surface area contributed by atoms with Crippen LogP contribution >= 0.6 is 11.6 Å². The summed E-state index contributed by atoms with van der Waals surface area (Å²) in [5.41, 5.74) is 5.77. The lowest BCUT2D eigenvalue weighted by Gasteiger charge is -2.10. The normalized spacial score (nSPS) is 12.1. The molecule has 0 aliphatic rings. The Morgan fingerprint density at radius 2 is 1.95 bits per heavy atom. The number of carbonyl (C=O) groups excluding carboxylic acids is 2. The van der Waals surface area contributed by atoms with Crippen LogP contribution in [0.3, 0.4) is 0 Å². The lowest BCUT2D eigenvalue weighted by molar-refractivity contribution is -0.124. The summed E-state index contributed by atoms with van der Waals surface area (Å²) in [5.74, 6) is -1.82. The number of nitrogens with two attached hydrogens (primary N) is 1. The fourth-order valence-electron chi connectivity index (χ4n) is 1.24. The van der Waals surface area contributed by atoms with Gasteiger partial charge in [-0.25, -0.2) is 13.2 Å². The highest BCUT2D eigenvalue weighted by Crippen LogP contribution is 2.18. The van der Waals surface area contributed by atoms with Crippen LogP contribution < -0.4 is 16.4 Å². The molecule has 1 aromatic rings. The number of benzene rings is 1. The van der Waals surface area contributed by atoms with Crippen LogP contribution in [0.2, 0.25) is 5.02 Å². The number of hydrogen-bond donors (Lipinski definition) is 3. The molecular formula is C11H11ClF3N3O2. The van der Waals surface area contributed by atoms with E-state index in [1.54, 1.807) is 0 Å². The summed E-state index contributed by atoms with van der Waals surface area (Å²) in [7, 11) is 0. The monoisotopic (exact) mass is 309 g/mol. The smallest absolute Gasteiger partial charge is 0.287 e. The molecule has 4 N–H and O–H groups in total. The first kappa shape index (κ1) is 16.1. The molecule has 0 aromatic heterocycles. The van der Waals surface area contributed by atoms with Crippen molar-refractivity contribution >= 4 is 29.1 Å². The predicted molar refractivity (Wildman–Crippen MR) is 67.2 cm³/mol. The van der Waals surface area contributed by atoms with Crippen LogP contribution in [0.1, 0.15) is 10.4 Å². The second-order valence-electron chi connectivity index (χ2n) is 3.73. The molecule has 110 valence electrons. The average Bonchev–Trinajstić information content (AvgIpc) is 2.38. The number of hydrogen-bond acceptors (Lipinski definition) is 3. The van der Waals surface area contributed by atoms with Gasteiger partial charge in [-0.05, 0) is 18.2 Å². The van der Waals surface area contributed by atoms with E-state index in [9.17, 15) is 22.8 Å². The van der Waals surface area contributed by atoms with E-state index < -0.39 is 31.1 Å². The van der Waals surface area contributed by atoms with Crippen LogP contribution in [0.25, 0.3) is 0 Å². The van der Waals surface area contributed by atoms with Crippen LogP contribution in [0.5, 0.6) is 0 Å². The van der Waals surface area contributed by atoms with E-state index in [-0.39, 0.29) is 16.3 Å². The largest absolute Gasteiger partial charge is 0.399 e. The van der Waals surface area contributed by atoms with Crippen LogP contribution in [-0.2, 0) is 4.79 Å². The Balaban J connectivity index is 2.55. The second kappa shape index (κ2) is 6.99. The van der Waals surface area contributed by atoms with Gasteiger partial charge in [0.15, 0.2) is 0 Å². The third kappa shape index (κ3) is 4.61. The molecule has 1 unspecified atom stereocenters. The highest BCUT2D eigenvalue weighted by molar-refractivity contribution is 6.34. The Morgan fingerprint density at radius 1 is 1.30 bits per heavy atom. The van der Waals surface area contributed by atoms with E-state index in [2.05, 4.69) is 5.32 Å². The maximum Gasteiger partial charge on any atom is 0.287 e. The first-order valence-electron chi connectivity index (χ1n) is 5.36. The van der Waals surface area contributed by atoms with E-state index in [0.717, 1.165) is 0 Å². The summed E-state index contributed by atoms with van der Waals surface area (Å²) in [6.07, 6.45) is -6.12. The lowest BCUT2D eigenvalue weighted by Crippen LogP contribution is -2.43. The van der Waals surface area contributed by atoms with E-state index in [0.29, 0.717) is 0 Å². The zero-order chi connectivity index (χ0) is 15.3. The van der Waals surface area contributed by atoms with Crippen molar-refractivity contribution in [3.05, 3.63) is 28.8 Å². The van der Waals surface area contributed by atoms with Crippen LogP contribution in [0, 0.1) is 0 Å². The number of amides is 2. The number of alkyl halides is 3. The van der Waals surface area contributed by atoms with Crippen molar-refractivity contribution < 1.29 is 22.8 Å². The van der Waals surface area contributed by atoms with E-state index in [1.165, 1.54) is 23.5 Å². The quantitative estimate of drug-likeness (QED) is 0.567. The van der Waals surface area contributed by atoms with Gasteiger partial charge in [-0.2, -0.15) is 0 Å². The Bertz CT molecular complexity index is 514. The summed E-state index contributed by atoms with van der Waals surface area (Å²) in [4.78, 5) is 22.8. The SMILES string of the molecule is Nc1ccc(Cl)c(C(=O)NCC(=O)NC(F)C(F)F)c1. The molecule has 0 heterocycles. The van der Waals surface area contributed by atoms with Crippen LogP contribution in [0.15, 0.2) is 18.2 Å². The number of nitrogens with one attached hydrogen (secondary N) is 2. The Labute approximate surface area is 117 Å². The number of nitrogen functional groups attached to an aromatic ring is 1. The first-order chi connectivity index (χ1) is 9.31. The second-order valence-corrected chi connectivity index (χ2v) is 4.13. The zero-order valence-corrected chi connectivity index (χ0v) is 10.8. The highest BCUT2D eigenvalue weighted by atomic mass is 35.5. The van der Waals surface area contributed by atoms with Gasteiger partial charge in [0.05, 0.1) is 17.1 Å². The molecule has 0 fully saturated rings. The molecule has 0 aliphatic heterocycles. The predicted octanol–water partition coefficient (Wildman–Crippen LogP) is 1.33. The molecule has 1 aromatic carbocycles. The molecule has 0 saturated heterocycles. The third-order valence-corrected chi connectivity index (χ3v) is 2.49. The molecule has 20 heavy (non-hydrogen) atoms. The Hall–Kier alpha value is -1.96. The fraction of sp³-hybridized carbons (Fsp3) is 0.273. The minimum atomic E-state index is -3.34. The van der Waals surface area contributed by atoms with Gasteiger partial charge in [-0.1, -0.05) is 11.6 Å². The molecule has 1 rings (SSSR count). The molecule has 0 spiro atoms. The molecule has 0 saturated carbocycles. The Morgan fingerprint density at radius 3 is 2.55 bits per heavy atom. The highest BCUT2D eigenvalue weighted by Gasteiger charge is 2.21. The number of halogens is 4. The summed E-state index contributed by atoms with van der Waals surface area (Å²) in [6.45, 7) is -0.670. The lowest BCUT2D eigenvalue weighted by atomic mass is 10.2. The molecule has 5 nitrogen and oxygen atoms in total. The fourth-order valence-corrected chi connectivity index (χ4v) is 1.44. The zero-order valence-electron chi connectivity index (χ0n) is 10.00. The van der Waals surface area contributed by atoms with Gasteiger partial charge in [0.2, 0.25) is 12.2 Å². The molecule has 2 amide bonds. The molecule has 0 radical (unpaired) electrons. The summed E-state index contributed by atoms with van der Waals surface area (Å²) >= 11 is 5.76. The Kier molecular flexibility index (Phi) is 5.63. The van der Waals surface area contributed by atoms with Crippen molar-refractivity contribution in [3.8, 4) is 0 Å². The van der Waals surface area contributed by atoms with Crippen LogP contribution in [-0.4, -0.2) is 31.1 Å². The van der Waals surface area contributed by atoms with Crippen molar-refractivity contribution in [2.45, 2.75) is 12.7 Å². The van der Waals surface area contributed by atoms with Gasteiger partial charge in [0, 0.05) is 5.69 Å². The van der Waals surface area contributed by atoms with Crippen molar-refractivity contribution in [1.82, 2.24) is 10.6 Å².